The summed E-state index contributed by atoms with van der Waals surface area (Å²) in [5.41, 5.74) is 0.941. The summed E-state index contributed by atoms with van der Waals surface area (Å²) >= 11 is 0. The molecule has 0 spiro atoms. The van der Waals surface area contributed by atoms with Crippen molar-refractivity contribution in [3.8, 4) is 0 Å². The number of H-pyrrole nitrogens is 1. The van der Waals surface area contributed by atoms with Gasteiger partial charge in [0.15, 0.2) is 0 Å². The van der Waals surface area contributed by atoms with Crippen LogP contribution >= 0.6 is 0 Å². The summed E-state index contributed by atoms with van der Waals surface area (Å²) in [6.07, 6.45) is 3.40. The Labute approximate surface area is 140 Å². The van der Waals surface area contributed by atoms with E-state index in [1.54, 1.807) is 25.3 Å². The largest absolute Gasteiger partial charge is 0.382 e. The SMILES string of the molecule is CNC(=O)C1(COC)CCCN1C(=O)Cc1ccc2[nH]ncc2c1. The van der Waals surface area contributed by atoms with Gasteiger partial charge in [-0.05, 0) is 30.5 Å². The van der Waals surface area contributed by atoms with E-state index < -0.39 is 5.54 Å². The van der Waals surface area contributed by atoms with E-state index in [1.165, 1.54) is 0 Å². The summed E-state index contributed by atoms with van der Waals surface area (Å²) in [4.78, 5) is 27.0. The highest BCUT2D eigenvalue weighted by Gasteiger charge is 2.49. The summed E-state index contributed by atoms with van der Waals surface area (Å²) in [7, 11) is 3.14. The highest BCUT2D eigenvalue weighted by Crippen LogP contribution is 2.31. The molecule has 1 atom stereocenters. The second-order valence-corrected chi connectivity index (χ2v) is 6.16. The van der Waals surface area contributed by atoms with Gasteiger partial charge >= 0.3 is 0 Å². The predicted octanol–water partition coefficient (Wildman–Crippen LogP) is 0.859. The number of hydrogen-bond acceptors (Lipinski definition) is 4. The highest BCUT2D eigenvalue weighted by atomic mass is 16.5. The molecule has 1 saturated heterocycles. The van der Waals surface area contributed by atoms with Gasteiger partial charge in [0.05, 0.1) is 24.7 Å². The Balaban J connectivity index is 1.82. The summed E-state index contributed by atoms with van der Waals surface area (Å²) in [5.74, 6) is -0.225. The Morgan fingerprint density at radius 2 is 2.29 bits per heavy atom. The Bertz CT molecular complexity index is 757. The number of aromatic nitrogens is 2. The molecule has 0 aliphatic carbocycles. The van der Waals surface area contributed by atoms with Gasteiger partial charge in [0.25, 0.3) is 0 Å². The lowest BCUT2D eigenvalue weighted by Crippen LogP contribution is -2.59. The van der Waals surface area contributed by atoms with Crippen LogP contribution in [0.25, 0.3) is 10.9 Å². The lowest BCUT2D eigenvalue weighted by atomic mass is 9.95. The van der Waals surface area contributed by atoms with E-state index >= 15 is 0 Å². The van der Waals surface area contributed by atoms with Crippen LogP contribution in [-0.4, -0.2) is 59.8 Å². The standard InChI is InChI=1S/C17H22N4O3/c1-18-16(23)17(11-24-2)6-3-7-21(17)15(22)9-12-4-5-14-13(8-12)10-19-20-14/h4-5,8,10H,3,6-7,9,11H2,1-2H3,(H,18,23)(H,19,20). The molecule has 0 saturated carbocycles. The summed E-state index contributed by atoms with van der Waals surface area (Å²) in [6, 6.07) is 5.77. The predicted molar refractivity (Wildman–Crippen MR) is 89.4 cm³/mol. The molecule has 1 aliphatic heterocycles. The van der Waals surface area contributed by atoms with Crippen molar-refractivity contribution in [1.82, 2.24) is 20.4 Å². The molecule has 7 nitrogen and oxygen atoms in total. The molecule has 1 unspecified atom stereocenters. The molecule has 1 aliphatic rings. The lowest BCUT2D eigenvalue weighted by molar-refractivity contribution is -0.147. The monoisotopic (exact) mass is 330 g/mol. The average Bonchev–Trinajstić information content (AvgIpc) is 3.21. The van der Waals surface area contributed by atoms with E-state index in [2.05, 4.69) is 15.5 Å². The van der Waals surface area contributed by atoms with E-state index in [0.717, 1.165) is 22.9 Å². The van der Waals surface area contributed by atoms with Crippen LogP contribution in [0.1, 0.15) is 18.4 Å². The first-order valence-electron chi connectivity index (χ1n) is 8.04. The van der Waals surface area contributed by atoms with Crippen molar-refractivity contribution < 1.29 is 14.3 Å². The molecule has 2 amide bonds. The van der Waals surface area contributed by atoms with E-state index in [9.17, 15) is 9.59 Å². The molecular weight excluding hydrogens is 308 g/mol. The topological polar surface area (TPSA) is 87.3 Å². The van der Waals surface area contributed by atoms with Crippen LogP contribution < -0.4 is 5.32 Å². The van der Waals surface area contributed by atoms with Crippen molar-refractivity contribution in [2.45, 2.75) is 24.8 Å². The van der Waals surface area contributed by atoms with Gasteiger partial charge in [-0.2, -0.15) is 5.10 Å². The van der Waals surface area contributed by atoms with E-state index in [4.69, 9.17) is 4.74 Å². The van der Waals surface area contributed by atoms with Crippen LogP contribution in [-0.2, 0) is 20.7 Å². The Morgan fingerprint density at radius 3 is 3.04 bits per heavy atom. The summed E-state index contributed by atoms with van der Waals surface area (Å²) in [6.45, 7) is 0.781. The van der Waals surface area contributed by atoms with Gasteiger partial charge in [-0.15, -0.1) is 0 Å². The van der Waals surface area contributed by atoms with Crippen molar-refractivity contribution in [2.24, 2.45) is 0 Å². The smallest absolute Gasteiger partial charge is 0.248 e. The number of nitrogens with zero attached hydrogens (tertiary/aromatic N) is 2. The molecule has 1 aromatic heterocycles. The number of ether oxygens (including phenoxy) is 1. The number of likely N-dealkylation sites (tertiary alicyclic amines) is 1. The number of hydrogen-bond donors (Lipinski definition) is 2. The maximum Gasteiger partial charge on any atom is 0.248 e. The minimum atomic E-state index is -0.902. The molecule has 0 radical (unpaired) electrons. The summed E-state index contributed by atoms with van der Waals surface area (Å²) in [5, 5.41) is 10.5. The zero-order valence-electron chi connectivity index (χ0n) is 14.0. The second kappa shape index (κ2) is 6.60. The normalized spacial score (nSPS) is 20.5. The van der Waals surface area contributed by atoms with Crippen LogP contribution in [0.4, 0.5) is 0 Å². The van der Waals surface area contributed by atoms with Crippen LogP contribution in [0.3, 0.4) is 0 Å². The number of likely N-dealkylation sites (N-methyl/N-ethyl adjacent to an activating group) is 1. The van der Waals surface area contributed by atoms with Crippen molar-refractivity contribution in [3.63, 3.8) is 0 Å². The molecule has 3 rings (SSSR count). The fourth-order valence-corrected chi connectivity index (χ4v) is 3.54. The number of aromatic amines is 1. The second-order valence-electron chi connectivity index (χ2n) is 6.16. The van der Waals surface area contributed by atoms with Gasteiger partial charge in [-0.1, -0.05) is 6.07 Å². The van der Waals surface area contributed by atoms with Gasteiger partial charge in [0.2, 0.25) is 11.8 Å². The average molecular weight is 330 g/mol. The van der Waals surface area contributed by atoms with Crippen LogP contribution in [0.5, 0.6) is 0 Å². The van der Waals surface area contributed by atoms with Gasteiger partial charge in [0.1, 0.15) is 5.54 Å². The fraction of sp³-hybridized carbons (Fsp3) is 0.471. The number of rotatable bonds is 5. The fourth-order valence-electron chi connectivity index (χ4n) is 3.54. The first-order valence-corrected chi connectivity index (χ1v) is 8.04. The van der Waals surface area contributed by atoms with Crippen molar-refractivity contribution >= 4 is 22.7 Å². The number of carbonyl (C=O) groups excluding carboxylic acids is 2. The summed E-state index contributed by atoms with van der Waals surface area (Å²) < 4.78 is 5.26. The van der Waals surface area contributed by atoms with Gasteiger partial charge in [-0.3, -0.25) is 14.7 Å². The zero-order valence-corrected chi connectivity index (χ0v) is 14.0. The van der Waals surface area contributed by atoms with Crippen molar-refractivity contribution in [1.29, 1.82) is 0 Å². The third kappa shape index (κ3) is 2.75. The molecule has 1 fully saturated rings. The third-order valence-electron chi connectivity index (χ3n) is 4.68. The number of benzene rings is 1. The molecule has 128 valence electrons. The number of amides is 2. The van der Waals surface area contributed by atoms with E-state index in [-0.39, 0.29) is 24.8 Å². The molecule has 7 heteroatoms. The minimum Gasteiger partial charge on any atom is -0.382 e. The van der Waals surface area contributed by atoms with Crippen LogP contribution in [0, 0.1) is 0 Å². The maximum atomic E-state index is 12.9. The van der Waals surface area contributed by atoms with Crippen LogP contribution in [0.15, 0.2) is 24.4 Å². The van der Waals surface area contributed by atoms with Crippen molar-refractivity contribution in [3.05, 3.63) is 30.0 Å². The molecule has 2 aromatic rings. The Hall–Kier alpha value is -2.41. The number of methoxy groups -OCH3 is 1. The van der Waals surface area contributed by atoms with Crippen LogP contribution in [0.2, 0.25) is 0 Å². The molecule has 1 aromatic carbocycles. The number of fused-ring (bicyclic) bond motifs is 1. The lowest BCUT2D eigenvalue weighted by Gasteiger charge is -2.36. The van der Waals surface area contributed by atoms with Crippen molar-refractivity contribution in [2.75, 3.05) is 27.3 Å². The molecule has 2 heterocycles. The molecule has 24 heavy (non-hydrogen) atoms. The zero-order chi connectivity index (χ0) is 17.2. The van der Waals surface area contributed by atoms with Gasteiger partial charge < -0.3 is 15.0 Å². The first-order chi connectivity index (χ1) is 11.6. The highest BCUT2D eigenvalue weighted by molar-refractivity contribution is 5.93. The van der Waals surface area contributed by atoms with Gasteiger partial charge in [-0.25, -0.2) is 0 Å². The molecule has 0 bridgehead atoms. The minimum absolute atomic E-state index is 0.0593. The third-order valence-corrected chi connectivity index (χ3v) is 4.68. The number of carbonyl (C=O) groups is 2. The molecular formula is C17H22N4O3. The van der Waals surface area contributed by atoms with E-state index in [1.807, 2.05) is 18.2 Å². The number of nitrogens with one attached hydrogen (secondary N) is 2. The molecule has 2 N–H and O–H groups in total. The quantitative estimate of drug-likeness (QED) is 0.851. The Morgan fingerprint density at radius 1 is 1.46 bits per heavy atom. The first kappa shape index (κ1) is 16.4. The Kier molecular flexibility index (Phi) is 4.53. The van der Waals surface area contributed by atoms with Gasteiger partial charge in [0, 0.05) is 26.1 Å². The van der Waals surface area contributed by atoms with E-state index in [0.29, 0.717) is 13.0 Å². The maximum absolute atomic E-state index is 12.9.